The molecule has 2 rings (SSSR count). The maximum atomic E-state index is 8.16. The fraction of sp³-hybridized carbons (Fsp3) is 0.741. The first-order chi connectivity index (χ1) is 17.8. The first-order valence-electron chi connectivity index (χ1n) is 13.3. The molecule has 7 nitrogen and oxygen atoms in total. The lowest BCUT2D eigenvalue weighted by Crippen LogP contribution is -2.62. The van der Waals surface area contributed by atoms with Gasteiger partial charge in [-0.15, -0.1) is 0 Å². The topological polar surface area (TPSA) is 79.2 Å². The normalized spacial score (nSPS) is 24.2. The van der Waals surface area contributed by atoms with E-state index in [1.54, 1.807) is 0 Å². The van der Waals surface area contributed by atoms with Gasteiger partial charge < -0.3 is 28.4 Å². The zero-order valence-electron chi connectivity index (χ0n) is 22.1. The monoisotopic (exact) mass is 581 g/mol. The van der Waals surface area contributed by atoms with Gasteiger partial charge in [0.2, 0.25) is 12.2 Å². The highest BCUT2D eigenvalue weighted by Gasteiger charge is 2.50. The minimum Gasteiger partial charge on any atom is -0.445 e. The molecule has 1 aliphatic heterocycles. The zero-order chi connectivity index (χ0) is 27.1. The zero-order valence-corrected chi connectivity index (χ0v) is 24.4. The molecule has 1 aromatic rings. The third kappa shape index (κ3) is 11.6. The highest BCUT2D eigenvalue weighted by Crippen LogP contribution is 2.34. The molecule has 0 bridgehead atoms. The Morgan fingerprint density at radius 1 is 0.838 bits per heavy atom. The minimum absolute atomic E-state index is 0.224. The molecule has 10 heteroatoms. The van der Waals surface area contributed by atoms with Gasteiger partial charge in [-0.05, 0) is 24.8 Å². The van der Waals surface area contributed by atoms with Crippen LogP contribution in [0.25, 0.3) is 0 Å². The van der Waals surface area contributed by atoms with E-state index in [-0.39, 0.29) is 6.61 Å². The van der Waals surface area contributed by atoms with Gasteiger partial charge in [0, 0.05) is 19.8 Å². The van der Waals surface area contributed by atoms with E-state index in [0.29, 0.717) is 26.4 Å². The van der Waals surface area contributed by atoms with Crippen LogP contribution in [0.4, 0.5) is 0 Å². The Hall–Kier alpha value is -0.640. The Morgan fingerprint density at radius 2 is 1.38 bits per heavy atom. The summed E-state index contributed by atoms with van der Waals surface area (Å²) in [5.74, 6) is -0.548. The molecule has 0 aromatic heterocycles. The first-order valence-corrected chi connectivity index (χ1v) is 14.4. The summed E-state index contributed by atoms with van der Waals surface area (Å²) < 4.78 is 35.0. The lowest BCUT2D eigenvalue weighted by molar-refractivity contribution is -0.308. The number of benzene rings is 1. The Labute approximate surface area is 236 Å². The predicted molar refractivity (Wildman–Crippen MR) is 148 cm³/mol. The molecule has 212 valence electrons. The van der Waals surface area contributed by atoms with Gasteiger partial charge in [0.25, 0.3) is 3.79 Å². The van der Waals surface area contributed by atoms with Crippen LogP contribution in [-0.2, 0) is 35.0 Å². The summed E-state index contributed by atoms with van der Waals surface area (Å²) in [5, 5.41) is 8.16. The van der Waals surface area contributed by atoms with Crippen LogP contribution in [0.3, 0.4) is 0 Å². The number of hydrogen-bond acceptors (Lipinski definition) is 7. The molecule has 1 saturated heterocycles. The molecule has 0 aliphatic carbocycles. The third-order valence-electron chi connectivity index (χ3n) is 5.90. The van der Waals surface area contributed by atoms with Crippen molar-refractivity contribution in [3.8, 4) is 0 Å². The second-order valence-electron chi connectivity index (χ2n) is 9.06. The van der Waals surface area contributed by atoms with E-state index in [1.807, 2.05) is 30.3 Å². The predicted octanol–water partition coefficient (Wildman–Crippen LogP) is 6.85. The average Bonchev–Trinajstić information content (AvgIpc) is 2.87. The van der Waals surface area contributed by atoms with Crippen molar-refractivity contribution in [1.82, 2.24) is 0 Å². The summed E-state index contributed by atoms with van der Waals surface area (Å²) in [6.07, 6.45) is 2.29. The highest BCUT2D eigenvalue weighted by molar-refractivity contribution is 6.76. The van der Waals surface area contributed by atoms with Gasteiger partial charge in [-0.25, -0.2) is 0 Å². The fourth-order valence-corrected chi connectivity index (χ4v) is 3.95. The van der Waals surface area contributed by atoms with E-state index in [0.717, 1.165) is 44.1 Å². The number of unbranched alkanes of at least 4 members (excludes halogenated alkanes) is 3. The van der Waals surface area contributed by atoms with E-state index in [1.165, 1.54) is 0 Å². The summed E-state index contributed by atoms with van der Waals surface area (Å²) in [4.78, 5) is 0. The van der Waals surface area contributed by atoms with Gasteiger partial charge in [0.15, 0.2) is 0 Å². The van der Waals surface area contributed by atoms with Crippen molar-refractivity contribution >= 4 is 40.7 Å². The molecule has 0 saturated carbocycles. The smallest absolute Gasteiger partial charge is 0.265 e. The van der Waals surface area contributed by atoms with E-state index in [2.05, 4.69) is 20.8 Å². The van der Waals surface area contributed by atoms with Crippen molar-refractivity contribution in [3.63, 3.8) is 0 Å². The molecule has 1 aromatic carbocycles. The Kier molecular flexibility index (Phi) is 15.7. The van der Waals surface area contributed by atoms with Crippen molar-refractivity contribution < 1.29 is 28.4 Å². The van der Waals surface area contributed by atoms with Crippen LogP contribution >= 0.6 is 34.8 Å². The highest BCUT2D eigenvalue weighted by atomic mass is 35.6. The number of nitrogens with one attached hydrogen (secondary N) is 1. The molecule has 0 amide bonds. The van der Waals surface area contributed by atoms with Crippen LogP contribution in [0.1, 0.15) is 64.9 Å². The minimum atomic E-state index is -2.04. The number of alkyl halides is 3. The van der Waals surface area contributed by atoms with Crippen molar-refractivity contribution in [2.75, 3.05) is 26.4 Å². The maximum absolute atomic E-state index is 8.16. The molecule has 0 spiro atoms. The molecular weight excluding hydrogens is 541 g/mol. The number of halogens is 3. The SMILES string of the molecule is CCCCOC1[C@H](OCCCC)C(COCc2ccccc2)O[C@H](OC(=N)C(Cl)(Cl)Cl)[C@H]1OCCCC. The van der Waals surface area contributed by atoms with Crippen molar-refractivity contribution in [3.05, 3.63) is 35.9 Å². The van der Waals surface area contributed by atoms with Gasteiger partial charge in [-0.2, -0.15) is 0 Å². The molecule has 37 heavy (non-hydrogen) atoms. The van der Waals surface area contributed by atoms with Crippen molar-refractivity contribution in [1.29, 1.82) is 5.41 Å². The van der Waals surface area contributed by atoms with E-state index in [4.69, 9.17) is 68.6 Å². The average molecular weight is 583 g/mol. The van der Waals surface area contributed by atoms with Crippen LogP contribution in [0.5, 0.6) is 0 Å². The summed E-state index contributed by atoms with van der Waals surface area (Å²) >= 11 is 17.8. The van der Waals surface area contributed by atoms with Crippen molar-refractivity contribution in [2.24, 2.45) is 0 Å². The lowest BCUT2D eigenvalue weighted by atomic mass is 9.98. The van der Waals surface area contributed by atoms with E-state index >= 15 is 0 Å². The molecule has 1 N–H and O–H groups in total. The fourth-order valence-electron chi connectivity index (χ4n) is 3.82. The van der Waals surface area contributed by atoms with Gasteiger partial charge in [-0.1, -0.05) is 105 Å². The Balaban J connectivity index is 2.30. The number of rotatable bonds is 17. The summed E-state index contributed by atoms with van der Waals surface area (Å²) in [6.45, 7) is 8.47. The van der Waals surface area contributed by atoms with Crippen LogP contribution in [0, 0.1) is 5.41 Å². The summed E-state index contributed by atoms with van der Waals surface area (Å²) in [5.41, 5.74) is 1.05. The quantitative estimate of drug-likeness (QED) is 0.0937. The van der Waals surface area contributed by atoms with Crippen LogP contribution in [-0.4, -0.2) is 66.8 Å². The van der Waals surface area contributed by atoms with Crippen LogP contribution < -0.4 is 0 Å². The van der Waals surface area contributed by atoms with Gasteiger partial charge in [-0.3, -0.25) is 5.41 Å². The Morgan fingerprint density at radius 3 is 1.92 bits per heavy atom. The Bertz CT molecular complexity index is 751. The van der Waals surface area contributed by atoms with E-state index in [9.17, 15) is 0 Å². The molecule has 2 unspecified atom stereocenters. The maximum Gasteiger partial charge on any atom is 0.265 e. The van der Waals surface area contributed by atoms with Crippen molar-refractivity contribution in [2.45, 2.75) is 100 Å². The molecule has 1 fully saturated rings. The van der Waals surface area contributed by atoms with Gasteiger partial charge >= 0.3 is 0 Å². The number of ether oxygens (including phenoxy) is 6. The summed E-state index contributed by atoms with van der Waals surface area (Å²) in [6, 6.07) is 9.89. The third-order valence-corrected chi connectivity index (χ3v) is 6.42. The molecular formula is C27H42Cl3NO6. The molecule has 1 aliphatic rings. The molecule has 0 radical (unpaired) electrons. The largest absolute Gasteiger partial charge is 0.445 e. The standard InChI is InChI=1S/C27H42Cl3NO6/c1-4-7-15-33-22-21(19-32-18-20-13-11-10-12-14-20)36-25(37-26(31)27(28,29)30)24(35-17-9-6-3)23(22)34-16-8-5-2/h10-14,21-25,31H,4-9,15-19H2,1-3H3/t21?,22-,23?,24+,25-/m1/s1. The van der Waals surface area contributed by atoms with Gasteiger partial charge in [0.1, 0.15) is 24.4 Å². The molecule has 1 heterocycles. The second-order valence-corrected chi connectivity index (χ2v) is 11.3. The van der Waals surface area contributed by atoms with Crippen LogP contribution in [0.2, 0.25) is 0 Å². The van der Waals surface area contributed by atoms with Crippen LogP contribution in [0.15, 0.2) is 30.3 Å². The second kappa shape index (κ2) is 17.9. The molecule has 5 atom stereocenters. The van der Waals surface area contributed by atoms with Gasteiger partial charge in [0.05, 0.1) is 13.2 Å². The summed E-state index contributed by atoms with van der Waals surface area (Å²) in [7, 11) is 0. The lowest BCUT2D eigenvalue weighted by Gasteiger charge is -2.46. The first kappa shape index (κ1) is 32.6. The van der Waals surface area contributed by atoms with E-state index < -0.39 is 40.4 Å². The number of hydrogen-bond donors (Lipinski definition) is 1.